The predicted octanol–water partition coefficient (Wildman–Crippen LogP) is 3.59. The summed E-state index contributed by atoms with van der Waals surface area (Å²) in [6.07, 6.45) is 5.68. The molecule has 1 aliphatic rings. The van der Waals surface area contributed by atoms with Crippen molar-refractivity contribution >= 4 is 11.6 Å². The molecule has 1 aliphatic carbocycles. The van der Waals surface area contributed by atoms with Gasteiger partial charge >= 0.3 is 0 Å². The monoisotopic (exact) mass is 274 g/mol. The number of nitrogens with two attached hydrogens (primary N) is 1. The van der Waals surface area contributed by atoms with Crippen LogP contribution in [-0.2, 0) is 11.3 Å². The summed E-state index contributed by atoms with van der Waals surface area (Å²) in [7, 11) is 0. The van der Waals surface area contributed by atoms with Crippen LogP contribution in [0.2, 0.25) is 0 Å². The van der Waals surface area contributed by atoms with Crippen molar-refractivity contribution in [2.45, 2.75) is 52.5 Å². The van der Waals surface area contributed by atoms with Crippen molar-refractivity contribution in [1.82, 2.24) is 4.90 Å². The van der Waals surface area contributed by atoms with Crippen LogP contribution in [0.4, 0.5) is 5.69 Å². The molecule has 2 N–H and O–H groups in total. The highest BCUT2D eigenvalue weighted by Crippen LogP contribution is 2.37. The third-order valence-corrected chi connectivity index (χ3v) is 4.47. The number of hydrogen-bond acceptors (Lipinski definition) is 2. The molecule has 1 fully saturated rings. The van der Waals surface area contributed by atoms with E-state index < -0.39 is 0 Å². The van der Waals surface area contributed by atoms with E-state index in [0.29, 0.717) is 12.5 Å². The highest BCUT2D eigenvalue weighted by atomic mass is 16.2. The number of benzene rings is 1. The van der Waals surface area contributed by atoms with Crippen LogP contribution in [-0.4, -0.2) is 17.4 Å². The molecule has 0 aliphatic heterocycles. The van der Waals surface area contributed by atoms with E-state index in [1.165, 1.54) is 19.3 Å². The molecular weight excluding hydrogens is 248 g/mol. The zero-order valence-corrected chi connectivity index (χ0v) is 12.7. The van der Waals surface area contributed by atoms with Crippen LogP contribution < -0.4 is 5.73 Å². The van der Waals surface area contributed by atoms with Crippen LogP contribution in [0.15, 0.2) is 24.3 Å². The first kappa shape index (κ1) is 14.9. The van der Waals surface area contributed by atoms with E-state index in [1.54, 1.807) is 0 Å². The average Bonchev–Trinajstić information content (AvgIpc) is 2.45. The Morgan fingerprint density at radius 3 is 2.60 bits per heavy atom. The smallest absolute Gasteiger partial charge is 0.228 e. The number of amides is 1. The second-order valence-electron chi connectivity index (χ2n) is 6.19. The lowest BCUT2D eigenvalue weighted by atomic mass is 9.74. The van der Waals surface area contributed by atoms with Crippen molar-refractivity contribution in [3.05, 3.63) is 29.8 Å². The molecule has 1 aromatic rings. The van der Waals surface area contributed by atoms with Crippen LogP contribution in [0.5, 0.6) is 0 Å². The van der Waals surface area contributed by atoms with Crippen molar-refractivity contribution < 1.29 is 4.79 Å². The molecule has 1 amide bonds. The highest BCUT2D eigenvalue weighted by Gasteiger charge is 2.37. The lowest BCUT2D eigenvalue weighted by Gasteiger charge is -2.37. The summed E-state index contributed by atoms with van der Waals surface area (Å²) in [5, 5.41) is 0. The van der Waals surface area contributed by atoms with Gasteiger partial charge < -0.3 is 10.6 Å². The van der Waals surface area contributed by atoms with Gasteiger partial charge in [0.2, 0.25) is 5.91 Å². The first-order valence-corrected chi connectivity index (χ1v) is 7.69. The maximum absolute atomic E-state index is 12.8. The number of carbonyl (C=O) groups excluding carboxylic acids is 1. The van der Waals surface area contributed by atoms with E-state index in [0.717, 1.165) is 30.6 Å². The second-order valence-corrected chi connectivity index (χ2v) is 6.19. The Hall–Kier alpha value is -1.51. The summed E-state index contributed by atoms with van der Waals surface area (Å²) in [5.41, 5.74) is 7.53. The van der Waals surface area contributed by atoms with E-state index in [-0.39, 0.29) is 5.41 Å². The molecule has 3 nitrogen and oxygen atoms in total. The minimum atomic E-state index is -0.158. The van der Waals surface area contributed by atoms with Gasteiger partial charge in [-0.1, -0.05) is 38.3 Å². The Morgan fingerprint density at radius 1 is 1.30 bits per heavy atom. The van der Waals surface area contributed by atoms with Crippen molar-refractivity contribution in [1.29, 1.82) is 0 Å². The van der Waals surface area contributed by atoms with E-state index in [2.05, 4.69) is 13.8 Å². The zero-order chi connectivity index (χ0) is 14.6. The van der Waals surface area contributed by atoms with Gasteiger partial charge in [-0.2, -0.15) is 0 Å². The van der Waals surface area contributed by atoms with Crippen molar-refractivity contribution in [2.75, 3.05) is 12.3 Å². The van der Waals surface area contributed by atoms with Crippen molar-refractivity contribution in [3.8, 4) is 0 Å². The third kappa shape index (κ3) is 3.33. The largest absolute Gasteiger partial charge is 0.399 e. The second kappa shape index (κ2) is 6.29. The minimum Gasteiger partial charge on any atom is -0.399 e. The fourth-order valence-electron chi connectivity index (χ4n) is 3.17. The number of anilines is 1. The Kier molecular flexibility index (Phi) is 4.69. The number of nitrogens with zero attached hydrogens (tertiary/aromatic N) is 1. The average molecular weight is 274 g/mol. The normalized spacial score (nSPS) is 17.7. The molecule has 1 saturated carbocycles. The Bertz CT molecular complexity index is 464. The molecule has 0 bridgehead atoms. The molecule has 110 valence electrons. The minimum absolute atomic E-state index is 0.158. The molecule has 0 unspecified atom stereocenters. The molecule has 0 spiro atoms. The Morgan fingerprint density at radius 2 is 2.00 bits per heavy atom. The van der Waals surface area contributed by atoms with Gasteiger partial charge in [0.25, 0.3) is 0 Å². The molecule has 0 radical (unpaired) electrons. The van der Waals surface area contributed by atoms with Crippen LogP contribution >= 0.6 is 0 Å². The first-order valence-electron chi connectivity index (χ1n) is 7.69. The molecular formula is C17H26N2O. The Balaban J connectivity index is 2.09. The number of hydrogen-bond donors (Lipinski definition) is 1. The number of carbonyl (C=O) groups is 1. The van der Waals surface area contributed by atoms with Gasteiger partial charge in [0.05, 0.1) is 0 Å². The van der Waals surface area contributed by atoms with Gasteiger partial charge in [-0.25, -0.2) is 0 Å². The van der Waals surface area contributed by atoms with E-state index in [4.69, 9.17) is 5.73 Å². The fraction of sp³-hybridized carbons (Fsp3) is 0.588. The zero-order valence-electron chi connectivity index (χ0n) is 12.7. The molecule has 1 aromatic carbocycles. The quantitative estimate of drug-likeness (QED) is 0.853. The molecule has 0 aromatic heterocycles. The third-order valence-electron chi connectivity index (χ3n) is 4.47. The summed E-state index contributed by atoms with van der Waals surface area (Å²) >= 11 is 0. The SMILES string of the molecule is CCN(Cc1cccc(N)c1)C(=O)C1(C)CCCCC1. The molecule has 3 heteroatoms. The van der Waals surface area contributed by atoms with Crippen LogP contribution in [0.3, 0.4) is 0 Å². The summed E-state index contributed by atoms with van der Waals surface area (Å²) in [4.78, 5) is 14.8. The summed E-state index contributed by atoms with van der Waals surface area (Å²) < 4.78 is 0. The van der Waals surface area contributed by atoms with E-state index in [1.807, 2.05) is 29.2 Å². The van der Waals surface area contributed by atoms with Gasteiger partial charge in [-0.05, 0) is 37.5 Å². The maximum Gasteiger partial charge on any atom is 0.228 e. The standard InChI is InChI=1S/C17H26N2O/c1-3-19(13-14-8-7-9-15(18)12-14)16(20)17(2)10-5-4-6-11-17/h7-9,12H,3-6,10-11,13,18H2,1-2H3. The van der Waals surface area contributed by atoms with Gasteiger partial charge in [0.15, 0.2) is 0 Å². The predicted molar refractivity (Wildman–Crippen MR) is 83.1 cm³/mol. The summed E-state index contributed by atoms with van der Waals surface area (Å²) in [6, 6.07) is 7.82. The fourth-order valence-corrected chi connectivity index (χ4v) is 3.17. The van der Waals surface area contributed by atoms with Crippen molar-refractivity contribution in [2.24, 2.45) is 5.41 Å². The van der Waals surface area contributed by atoms with Gasteiger partial charge in [0.1, 0.15) is 0 Å². The van der Waals surface area contributed by atoms with Gasteiger partial charge in [-0.3, -0.25) is 4.79 Å². The highest BCUT2D eigenvalue weighted by molar-refractivity contribution is 5.82. The first-order chi connectivity index (χ1) is 9.55. The van der Waals surface area contributed by atoms with Crippen LogP contribution in [0, 0.1) is 5.41 Å². The lowest BCUT2D eigenvalue weighted by Crippen LogP contribution is -2.43. The van der Waals surface area contributed by atoms with Gasteiger partial charge in [0, 0.05) is 24.2 Å². The van der Waals surface area contributed by atoms with Gasteiger partial charge in [-0.15, -0.1) is 0 Å². The van der Waals surface area contributed by atoms with Crippen molar-refractivity contribution in [3.63, 3.8) is 0 Å². The topological polar surface area (TPSA) is 46.3 Å². The molecule has 0 atom stereocenters. The van der Waals surface area contributed by atoms with Crippen LogP contribution in [0.1, 0.15) is 51.5 Å². The van der Waals surface area contributed by atoms with E-state index >= 15 is 0 Å². The Labute approximate surface area is 122 Å². The molecule has 0 saturated heterocycles. The molecule has 20 heavy (non-hydrogen) atoms. The molecule has 2 rings (SSSR count). The number of nitrogen functional groups attached to an aromatic ring is 1. The van der Waals surface area contributed by atoms with Crippen LogP contribution in [0.25, 0.3) is 0 Å². The lowest BCUT2D eigenvalue weighted by molar-refractivity contribution is -0.143. The summed E-state index contributed by atoms with van der Waals surface area (Å²) in [6.45, 7) is 5.60. The van der Waals surface area contributed by atoms with E-state index in [9.17, 15) is 4.79 Å². The maximum atomic E-state index is 12.8. The summed E-state index contributed by atoms with van der Waals surface area (Å²) in [5.74, 6) is 0.308. The number of rotatable bonds is 4. The molecule has 0 heterocycles.